The summed E-state index contributed by atoms with van der Waals surface area (Å²) >= 11 is 11.9. The second-order valence-corrected chi connectivity index (χ2v) is 4.63. The van der Waals surface area contributed by atoms with Crippen LogP contribution in [-0.4, -0.2) is 0 Å². The lowest BCUT2D eigenvalue weighted by molar-refractivity contribution is 0.512. The molecule has 0 aromatic heterocycles. The van der Waals surface area contributed by atoms with E-state index < -0.39 is 0 Å². The van der Waals surface area contributed by atoms with Gasteiger partial charge in [-0.1, -0.05) is 43.1 Å². The van der Waals surface area contributed by atoms with Crippen LogP contribution in [0.1, 0.15) is 31.0 Å². The van der Waals surface area contributed by atoms with E-state index in [1.165, 1.54) is 0 Å². The topological polar surface area (TPSA) is 26.0 Å². The second-order valence-electron chi connectivity index (χ2n) is 3.85. The molecule has 1 rings (SSSR count). The molecule has 1 aromatic carbocycles. The van der Waals surface area contributed by atoms with Crippen LogP contribution in [0.15, 0.2) is 12.1 Å². The summed E-state index contributed by atoms with van der Waals surface area (Å²) in [6, 6.07) is 3.77. The normalized spacial score (nSPS) is 13.4. The molecule has 14 heavy (non-hydrogen) atoms. The number of hydrogen-bond donors (Lipinski definition) is 1. The average Bonchev–Trinajstić information content (AvgIpc) is 2.13. The maximum Gasteiger partial charge on any atom is 0.0624 e. The SMILES string of the molecule is Cc1c(C(N)C(C)C)ccc(Cl)c1Cl. The van der Waals surface area contributed by atoms with Crippen molar-refractivity contribution in [3.05, 3.63) is 33.3 Å². The Labute approximate surface area is 95.2 Å². The van der Waals surface area contributed by atoms with Gasteiger partial charge in [0.25, 0.3) is 0 Å². The fraction of sp³-hybridized carbons (Fsp3) is 0.455. The minimum Gasteiger partial charge on any atom is -0.324 e. The average molecular weight is 232 g/mol. The van der Waals surface area contributed by atoms with E-state index >= 15 is 0 Å². The van der Waals surface area contributed by atoms with Gasteiger partial charge in [0.05, 0.1) is 10.0 Å². The number of benzene rings is 1. The maximum absolute atomic E-state index is 6.06. The molecule has 2 N–H and O–H groups in total. The predicted octanol–water partition coefficient (Wildman–Crippen LogP) is 3.96. The second kappa shape index (κ2) is 4.52. The van der Waals surface area contributed by atoms with E-state index in [0.717, 1.165) is 11.1 Å². The van der Waals surface area contributed by atoms with Gasteiger partial charge in [0.2, 0.25) is 0 Å². The van der Waals surface area contributed by atoms with Crippen molar-refractivity contribution in [3.8, 4) is 0 Å². The molecule has 0 bridgehead atoms. The first-order chi connectivity index (χ1) is 6.45. The molecule has 3 heteroatoms. The van der Waals surface area contributed by atoms with E-state index in [4.69, 9.17) is 28.9 Å². The van der Waals surface area contributed by atoms with Crippen LogP contribution in [0.4, 0.5) is 0 Å². The summed E-state index contributed by atoms with van der Waals surface area (Å²) < 4.78 is 0. The monoisotopic (exact) mass is 231 g/mol. The molecule has 0 aliphatic heterocycles. The zero-order valence-electron chi connectivity index (χ0n) is 8.64. The molecule has 1 atom stereocenters. The van der Waals surface area contributed by atoms with Gasteiger partial charge in [-0.2, -0.15) is 0 Å². The molecular weight excluding hydrogens is 217 g/mol. The van der Waals surface area contributed by atoms with E-state index in [2.05, 4.69) is 13.8 Å². The smallest absolute Gasteiger partial charge is 0.0624 e. The summed E-state index contributed by atoms with van der Waals surface area (Å²) in [4.78, 5) is 0. The lowest BCUT2D eigenvalue weighted by Crippen LogP contribution is -2.17. The largest absolute Gasteiger partial charge is 0.324 e. The number of rotatable bonds is 2. The van der Waals surface area contributed by atoms with Crippen molar-refractivity contribution in [2.75, 3.05) is 0 Å². The van der Waals surface area contributed by atoms with Crippen LogP contribution in [0.5, 0.6) is 0 Å². The minimum absolute atomic E-state index is 0.0183. The van der Waals surface area contributed by atoms with Gasteiger partial charge in [0.15, 0.2) is 0 Å². The molecule has 1 unspecified atom stereocenters. The van der Waals surface area contributed by atoms with Crippen molar-refractivity contribution in [3.63, 3.8) is 0 Å². The van der Waals surface area contributed by atoms with Crippen molar-refractivity contribution in [1.29, 1.82) is 0 Å². The fourth-order valence-corrected chi connectivity index (χ4v) is 1.76. The van der Waals surface area contributed by atoms with E-state index in [1.807, 2.05) is 13.0 Å². The van der Waals surface area contributed by atoms with Crippen LogP contribution in [0.2, 0.25) is 10.0 Å². The van der Waals surface area contributed by atoms with Crippen LogP contribution < -0.4 is 5.73 Å². The van der Waals surface area contributed by atoms with Crippen LogP contribution in [0.3, 0.4) is 0 Å². The van der Waals surface area contributed by atoms with Crippen molar-refractivity contribution in [1.82, 2.24) is 0 Å². The zero-order chi connectivity index (χ0) is 10.9. The third-order valence-electron chi connectivity index (χ3n) is 2.46. The van der Waals surface area contributed by atoms with Gasteiger partial charge in [0.1, 0.15) is 0 Å². The Bertz CT molecular complexity index is 334. The van der Waals surface area contributed by atoms with Crippen molar-refractivity contribution >= 4 is 23.2 Å². The standard InChI is InChI=1S/C11H15Cl2N/c1-6(2)11(14)8-4-5-9(12)10(13)7(8)3/h4-6,11H,14H2,1-3H3. The summed E-state index contributed by atoms with van der Waals surface area (Å²) in [6.07, 6.45) is 0. The van der Waals surface area contributed by atoms with Gasteiger partial charge in [-0.05, 0) is 30.0 Å². The quantitative estimate of drug-likeness (QED) is 0.820. The lowest BCUT2D eigenvalue weighted by atomic mass is 9.93. The van der Waals surface area contributed by atoms with E-state index in [0.29, 0.717) is 16.0 Å². The summed E-state index contributed by atoms with van der Waals surface area (Å²) in [5.74, 6) is 0.394. The molecule has 0 fully saturated rings. The summed E-state index contributed by atoms with van der Waals surface area (Å²) in [5.41, 5.74) is 8.12. The molecule has 0 saturated carbocycles. The molecule has 0 spiro atoms. The van der Waals surface area contributed by atoms with Crippen molar-refractivity contribution < 1.29 is 0 Å². The highest BCUT2D eigenvalue weighted by Crippen LogP contribution is 2.32. The molecule has 0 aliphatic rings. The first kappa shape index (κ1) is 11.8. The molecule has 0 radical (unpaired) electrons. The molecule has 0 saturated heterocycles. The minimum atomic E-state index is 0.0183. The fourth-order valence-electron chi connectivity index (χ4n) is 1.39. The number of halogens is 2. The van der Waals surface area contributed by atoms with Gasteiger partial charge >= 0.3 is 0 Å². The third-order valence-corrected chi connectivity index (χ3v) is 3.36. The van der Waals surface area contributed by atoms with E-state index in [-0.39, 0.29) is 6.04 Å². The Morgan fingerprint density at radius 1 is 1.21 bits per heavy atom. The Kier molecular flexibility index (Phi) is 3.82. The van der Waals surface area contributed by atoms with Gasteiger partial charge < -0.3 is 5.73 Å². The van der Waals surface area contributed by atoms with Gasteiger partial charge in [-0.25, -0.2) is 0 Å². The highest BCUT2D eigenvalue weighted by atomic mass is 35.5. The summed E-state index contributed by atoms with van der Waals surface area (Å²) in [7, 11) is 0. The summed E-state index contributed by atoms with van der Waals surface area (Å²) in [6.45, 7) is 6.13. The molecule has 0 aliphatic carbocycles. The molecule has 78 valence electrons. The first-order valence-corrected chi connectivity index (χ1v) is 5.40. The Hall–Kier alpha value is -0.240. The van der Waals surface area contributed by atoms with Gasteiger partial charge in [-0.15, -0.1) is 0 Å². The van der Waals surface area contributed by atoms with Gasteiger partial charge in [0, 0.05) is 6.04 Å². The number of nitrogens with two attached hydrogens (primary N) is 1. The molecule has 0 heterocycles. The highest BCUT2D eigenvalue weighted by Gasteiger charge is 2.15. The zero-order valence-corrected chi connectivity index (χ0v) is 10.2. The summed E-state index contributed by atoms with van der Waals surface area (Å²) in [5, 5.41) is 1.20. The number of hydrogen-bond acceptors (Lipinski definition) is 1. The van der Waals surface area contributed by atoms with Crippen LogP contribution in [0, 0.1) is 12.8 Å². The van der Waals surface area contributed by atoms with E-state index in [1.54, 1.807) is 6.07 Å². The molecule has 1 aromatic rings. The third kappa shape index (κ3) is 2.22. The molecule has 0 amide bonds. The van der Waals surface area contributed by atoms with Crippen LogP contribution in [-0.2, 0) is 0 Å². The molecule has 1 nitrogen and oxygen atoms in total. The highest BCUT2D eigenvalue weighted by molar-refractivity contribution is 6.42. The van der Waals surface area contributed by atoms with Gasteiger partial charge in [-0.3, -0.25) is 0 Å². The first-order valence-electron chi connectivity index (χ1n) is 4.65. The van der Waals surface area contributed by atoms with Crippen molar-refractivity contribution in [2.45, 2.75) is 26.8 Å². The molecular formula is C11H15Cl2N. The van der Waals surface area contributed by atoms with Crippen LogP contribution in [0.25, 0.3) is 0 Å². The Balaban J connectivity index is 3.17. The maximum atomic E-state index is 6.06. The lowest BCUT2D eigenvalue weighted by Gasteiger charge is -2.19. The Morgan fingerprint density at radius 2 is 1.79 bits per heavy atom. The van der Waals surface area contributed by atoms with Crippen LogP contribution >= 0.6 is 23.2 Å². The van der Waals surface area contributed by atoms with Crippen molar-refractivity contribution in [2.24, 2.45) is 11.7 Å². The Morgan fingerprint density at radius 3 is 2.29 bits per heavy atom. The predicted molar refractivity (Wildman–Crippen MR) is 63.0 cm³/mol. The van der Waals surface area contributed by atoms with E-state index in [9.17, 15) is 0 Å².